The number of amides is 4. The first kappa shape index (κ1) is 56.4. The topological polar surface area (TPSA) is 200 Å². The number of rotatable bonds is 22. The number of fused-ring (bicyclic) bond motifs is 1. The number of piperidine rings is 1. The lowest BCUT2D eigenvalue weighted by atomic mass is 9.85. The summed E-state index contributed by atoms with van der Waals surface area (Å²) in [5.74, 6) is 1.45. The van der Waals surface area contributed by atoms with Crippen LogP contribution >= 0.6 is 11.3 Å². The van der Waals surface area contributed by atoms with Crippen LogP contribution in [-0.4, -0.2) is 143 Å². The number of anilines is 2. The third-order valence-electron chi connectivity index (χ3n) is 15.8. The van der Waals surface area contributed by atoms with E-state index in [1.807, 2.05) is 82.7 Å². The van der Waals surface area contributed by atoms with Crippen LogP contribution in [0.5, 0.6) is 5.75 Å². The number of β-amino-alcohol motifs (C(OH)–C–C–N with tert-alkyl or cyclic N) is 1. The van der Waals surface area contributed by atoms with Gasteiger partial charge in [-0.25, -0.2) is 15.0 Å². The predicted octanol–water partition coefficient (Wildman–Crippen LogP) is 7.29. The second kappa shape index (κ2) is 25.6. The van der Waals surface area contributed by atoms with Gasteiger partial charge in [-0.15, -0.1) is 11.3 Å². The van der Waals surface area contributed by atoms with Crippen molar-refractivity contribution in [1.29, 1.82) is 0 Å². The highest BCUT2D eigenvalue weighted by Crippen LogP contribution is 2.40. The van der Waals surface area contributed by atoms with E-state index < -0.39 is 35.4 Å². The van der Waals surface area contributed by atoms with Crippen molar-refractivity contribution in [1.82, 2.24) is 35.4 Å². The van der Waals surface area contributed by atoms with E-state index in [0.29, 0.717) is 55.0 Å². The summed E-state index contributed by atoms with van der Waals surface area (Å²) in [6.07, 6.45) is 11.7. The molecule has 18 heteroatoms. The van der Waals surface area contributed by atoms with Crippen LogP contribution in [0.25, 0.3) is 10.4 Å². The fourth-order valence-electron chi connectivity index (χ4n) is 11.4. The third-order valence-corrected chi connectivity index (χ3v) is 16.8. The second-order valence-corrected chi connectivity index (χ2v) is 23.2. The van der Waals surface area contributed by atoms with Crippen molar-refractivity contribution < 1.29 is 38.6 Å². The van der Waals surface area contributed by atoms with Crippen LogP contribution in [0.15, 0.2) is 54.2 Å². The number of aliphatic hydroxyl groups excluding tert-OH is 1. The maximum atomic E-state index is 14.0. The summed E-state index contributed by atoms with van der Waals surface area (Å²) in [4.78, 5) is 90.7. The minimum absolute atomic E-state index is 0.00158. The van der Waals surface area contributed by atoms with Gasteiger partial charge in [0.1, 0.15) is 42.0 Å². The Balaban J connectivity index is 0.724. The van der Waals surface area contributed by atoms with E-state index in [-0.39, 0.29) is 49.8 Å². The number of ketones is 1. The average Bonchev–Trinajstić information content (AvgIpc) is 4.21. The molecule has 4 aromatic rings. The molecule has 1 aliphatic carbocycles. The van der Waals surface area contributed by atoms with Gasteiger partial charge < -0.3 is 44.8 Å². The molecule has 2 aromatic carbocycles. The molecule has 8 rings (SSSR count). The molecule has 3 fully saturated rings. The summed E-state index contributed by atoms with van der Waals surface area (Å²) in [7, 11) is 3.44. The fourth-order valence-corrected chi connectivity index (χ4v) is 12.2. The molecule has 76 heavy (non-hydrogen) atoms. The van der Waals surface area contributed by atoms with E-state index in [1.54, 1.807) is 29.5 Å². The number of likely N-dealkylation sites (tertiary alicyclic amines) is 2. The van der Waals surface area contributed by atoms with Crippen LogP contribution in [-0.2, 0) is 36.9 Å². The van der Waals surface area contributed by atoms with Crippen LogP contribution < -0.4 is 25.2 Å². The largest absolute Gasteiger partial charge is 0.496 e. The zero-order valence-electron chi connectivity index (χ0n) is 45.6. The highest BCUT2D eigenvalue weighted by atomic mass is 32.1. The zero-order valence-corrected chi connectivity index (χ0v) is 46.5. The SMILES string of the molecule is CC[C@@H]1C(=O)N(C)c2cnc(Cc3ccc(C(=O)CC4CCN(CCCCCOCC(=O)N[C@H](C(=O)N5C[C@H](O)C[C@H]5C(=O)NCc5ccc(-c6scnc6C)cc5)C(C)(C)C)CC4)cc3OC)nc2N1C1CCCC1. The molecule has 0 spiro atoms. The Morgan fingerprint density at radius 3 is 2.41 bits per heavy atom. The van der Waals surface area contributed by atoms with Crippen molar-refractivity contribution in [3.8, 4) is 16.2 Å². The number of Topliss-reactive ketones (excluding diaryl/α,β-unsaturated/α-hetero) is 1. The Bertz CT molecular complexity index is 2660. The molecule has 410 valence electrons. The van der Waals surface area contributed by atoms with Crippen molar-refractivity contribution >= 4 is 52.3 Å². The minimum Gasteiger partial charge on any atom is -0.496 e. The van der Waals surface area contributed by atoms with Crippen LogP contribution in [0, 0.1) is 18.3 Å². The molecule has 5 heterocycles. The van der Waals surface area contributed by atoms with E-state index in [1.165, 1.54) is 4.90 Å². The summed E-state index contributed by atoms with van der Waals surface area (Å²) < 4.78 is 11.6. The molecule has 2 aromatic heterocycles. The average molecular weight is 1060 g/mol. The molecule has 3 aliphatic heterocycles. The lowest BCUT2D eigenvalue weighted by Gasteiger charge is -2.43. The summed E-state index contributed by atoms with van der Waals surface area (Å²) in [5.41, 5.74) is 6.36. The van der Waals surface area contributed by atoms with Crippen molar-refractivity contribution in [2.45, 2.75) is 155 Å². The van der Waals surface area contributed by atoms with E-state index in [4.69, 9.17) is 14.5 Å². The Morgan fingerprint density at radius 1 is 0.974 bits per heavy atom. The number of carbonyl (C=O) groups excluding carboxylic acids is 5. The monoisotopic (exact) mass is 1060 g/mol. The van der Waals surface area contributed by atoms with Gasteiger partial charge in [0.15, 0.2) is 11.6 Å². The predicted molar refractivity (Wildman–Crippen MR) is 294 cm³/mol. The second-order valence-electron chi connectivity index (χ2n) is 22.3. The number of aromatic nitrogens is 3. The summed E-state index contributed by atoms with van der Waals surface area (Å²) in [6.45, 7) is 12.9. The number of benzene rings is 2. The molecule has 4 aliphatic rings. The van der Waals surface area contributed by atoms with Gasteiger partial charge in [0.25, 0.3) is 0 Å². The normalized spacial score (nSPS) is 20.0. The lowest BCUT2D eigenvalue weighted by molar-refractivity contribution is -0.144. The van der Waals surface area contributed by atoms with Gasteiger partial charge in [0, 0.05) is 63.2 Å². The number of ether oxygens (including phenoxy) is 2. The highest BCUT2D eigenvalue weighted by molar-refractivity contribution is 7.13. The summed E-state index contributed by atoms with van der Waals surface area (Å²) in [6, 6.07) is 11.9. The Labute approximate surface area is 452 Å². The molecule has 4 atom stereocenters. The molecule has 4 amide bonds. The minimum atomic E-state index is -0.932. The zero-order chi connectivity index (χ0) is 54.1. The molecule has 0 bridgehead atoms. The number of nitrogens with zero attached hydrogens (tertiary/aromatic N) is 7. The molecular formula is C58H79N9O8S. The number of aryl methyl sites for hydroxylation is 1. The van der Waals surface area contributed by atoms with Crippen molar-refractivity contribution in [2.75, 3.05) is 63.4 Å². The summed E-state index contributed by atoms with van der Waals surface area (Å²) in [5, 5.41) is 16.4. The molecule has 17 nitrogen and oxygen atoms in total. The van der Waals surface area contributed by atoms with Crippen molar-refractivity contribution in [2.24, 2.45) is 11.3 Å². The lowest BCUT2D eigenvalue weighted by Crippen LogP contribution is -2.58. The summed E-state index contributed by atoms with van der Waals surface area (Å²) >= 11 is 1.58. The number of unbranched alkanes of at least 4 members (excludes halogenated alkanes) is 2. The van der Waals surface area contributed by atoms with Gasteiger partial charge in [-0.1, -0.05) is 76.9 Å². The standard InChI is InChI=1S/C58H79N9O8S/c1-8-45-56(72)64(6)47-33-59-50(62-54(47)67(45)43-14-10-11-15-43)30-42-21-20-41(29-49(42)74-7)48(69)28-38-22-25-65(26-23-38)24-12-9-13-27-75-35-51(70)63-53(58(3,4)5)57(73)66-34-44(68)31-46(66)55(71)60-32-39-16-18-40(19-17-39)52-37(2)61-36-76-52/h16-21,29,33,36,38,43-46,53,68H,8-15,22-28,30-32,34-35H2,1-7H3,(H,60,71)(H,63,70)/t44-,45-,46+,53-/m1/s1. The van der Waals surface area contributed by atoms with Gasteiger partial charge in [0.2, 0.25) is 23.6 Å². The van der Waals surface area contributed by atoms with Crippen LogP contribution in [0.1, 0.15) is 138 Å². The number of methoxy groups -OCH3 is 1. The molecule has 0 radical (unpaired) electrons. The number of nitrogens with one attached hydrogen (secondary N) is 2. The van der Waals surface area contributed by atoms with Crippen molar-refractivity contribution in [3.05, 3.63) is 82.4 Å². The molecular weight excluding hydrogens is 983 g/mol. The fraction of sp³-hybridized carbons (Fsp3) is 0.586. The van der Waals surface area contributed by atoms with E-state index >= 15 is 0 Å². The first-order valence-electron chi connectivity index (χ1n) is 27.5. The smallest absolute Gasteiger partial charge is 0.249 e. The number of carbonyl (C=O) groups is 5. The van der Waals surface area contributed by atoms with E-state index in [2.05, 4.69) is 37.3 Å². The van der Waals surface area contributed by atoms with E-state index in [0.717, 1.165) is 116 Å². The Kier molecular flexibility index (Phi) is 19.0. The van der Waals surface area contributed by atoms with Gasteiger partial charge in [-0.3, -0.25) is 24.0 Å². The quantitative estimate of drug-likeness (QED) is 0.0524. The third kappa shape index (κ3) is 13.6. The first-order valence-corrected chi connectivity index (χ1v) is 28.4. The van der Waals surface area contributed by atoms with Gasteiger partial charge >= 0.3 is 0 Å². The number of aliphatic hydroxyl groups is 1. The molecule has 1 saturated carbocycles. The maximum absolute atomic E-state index is 14.0. The Hall–Kier alpha value is -5.82. The Morgan fingerprint density at radius 2 is 1.72 bits per heavy atom. The van der Waals surface area contributed by atoms with Crippen LogP contribution in [0.4, 0.5) is 11.5 Å². The van der Waals surface area contributed by atoms with Crippen LogP contribution in [0.3, 0.4) is 0 Å². The molecule has 3 N–H and O–H groups in total. The molecule has 2 saturated heterocycles. The number of hydrogen-bond donors (Lipinski definition) is 3. The number of likely N-dealkylation sites (N-methyl/N-ethyl adjacent to an activating group) is 1. The maximum Gasteiger partial charge on any atom is 0.249 e. The number of thiazole rings is 1. The highest BCUT2D eigenvalue weighted by Gasteiger charge is 2.45. The van der Waals surface area contributed by atoms with E-state index in [9.17, 15) is 29.1 Å². The van der Waals surface area contributed by atoms with Crippen LogP contribution in [0.2, 0.25) is 0 Å². The van der Waals surface area contributed by atoms with Gasteiger partial charge in [-0.05, 0) is 106 Å². The van der Waals surface area contributed by atoms with Crippen molar-refractivity contribution in [3.63, 3.8) is 0 Å². The first-order chi connectivity index (χ1) is 36.5. The number of hydrogen-bond acceptors (Lipinski definition) is 14. The van der Waals surface area contributed by atoms with Gasteiger partial charge in [-0.2, -0.15) is 0 Å². The molecule has 0 unspecified atom stereocenters. The van der Waals surface area contributed by atoms with Gasteiger partial charge in [0.05, 0.1) is 35.5 Å².